The van der Waals surface area contributed by atoms with Gasteiger partial charge in [-0.15, -0.1) is 12.4 Å². The summed E-state index contributed by atoms with van der Waals surface area (Å²) in [4.78, 5) is 15.0. The molecule has 1 atom stereocenters. The number of carbonyl (C=O) groups is 1. The summed E-state index contributed by atoms with van der Waals surface area (Å²) < 4.78 is 11.1. The van der Waals surface area contributed by atoms with E-state index >= 15 is 0 Å². The second-order valence-electron chi connectivity index (χ2n) is 5.98. The Morgan fingerprint density at radius 3 is 2.96 bits per heavy atom. The first-order valence-corrected chi connectivity index (χ1v) is 8.26. The van der Waals surface area contributed by atoms with Crippen LogP contribution in [0.2, 0.25) is 0 Å². The lowest BCUT2D eigenvalue weighted by molar-refractivity contribution is -0.129. The second-order valence-corrected chi connectivity index (χ2v) is 5.98. The molecule has 2 aliphatic rings. The first-order valence-electron chi connectivity index (χ1n) is 8.26. The van der Waals surface area contributed by atoms with E-state index in [2.05, 4.69) is 12.2 Å². The van der Waals surface area contributed by atoms with Crippen molar-refractivity contribution in [2.24, 2.45) is 0 Å². The van der Waals surface area contributed by atoms with E-state index in [0.29, 0.717) is 17.9 Å². The minimum atomic E-state index is 0. The Labute approximate surface area is 149 Å². The molecule has 24 heavy (non-hydrogen) atoms. The Morgan fingerprint density at radius 2 is 2.29 bits per heavy atom. The number of fused-ring (bicyclic) bond motifs is 1. The van der Waals surface area contributed by atoms with E-state index in [1.807, 2.05) is 29.2 Å². The Hall–Kier alpha value is -1.72. The molecule has 1 fully saturated rings. The number of ether oxygens (including phenoxy) is 2. The van der Waals surface area contributed by atoms with Gasteiger partial charge in [0.1, 0.15) is 6.61 Å². The Morgan fingerprint density at radius 1 is 1.46 bits per heavy atom. The smallest absolute Gasteiger partial charge is 0.253 e. The number of nitrogens with zero attached hydrogens (tertiary/aromatic N) is 1. The van der Waals surface area contributed by atoms with E-state index in [4.69, 9.17) is 9.47 Å². The standard InChI is InChI=1S/C18H24N2O3.ClH/c1-3-9-20(15-7-8-19-11-15)18(21)14-10-13-5-4-6-16(22-2)17(13)23-12-14;/h4-6,10,15,19H,3,7-9,11-12H2,1-2H3;1H. The van der Waals surface area contributed by atoms with Crippen molar-refractivity contribution >= 4 is 24.4 Å². The number of benzene rings is 1. The van der Waals surface area contributed by atoms with Gasteiger partial charge in [0.25, 0.3) is 5.91 Å². The molecule has 2 heterocycles. The number of carbonyl (C=O) groups excluding carboxylic acids is 1. The van der Waals surface area contributed by atoms with Gasteiger partial charge in [0.2, 0.25) is 0 Å². The van der Waals surface area contributed by atoms with Gasteiger partial charge in [-0.3, -0.25) is 4.79 Å². The maximum atomic E-state index is 13.0. The summed E-state index contributed by atoms with van der Waals surface area (Å²) in [5, 5.41) is 3.34. The number of hydrogen-bond acceptors (Lipinski definition) is 4. The highest BCUT2D eigenvalue weighted by Gasteiger charge is 2.29. The van der Waals surface area contributed by atoms with E-state index in [0.717, 1.165) is 43.8 Å². The molecule has 0 bridgehead atoms. The Bertz CT molecular complexity index is 612. The van der Waals surface area contributed by atoms with Crippen molar-refractivity contribution in [2.45, 2.75) is 25.8 Å². The van der Waals surface area contributed by atoms with Crippen LogP contribution in [0, 0.1) is 0 Å². The van der Waals surface area contributed by atoms with E-state index in [9.17, 15) is 4.79 Å². The summed E-state index contributed by atoms with van der Waals surface area (Å²) in [6, 6.07) is 6.02. The molecule has 3 rings (SSSR count). The van der Waals surface area contributed by atoms with Crippen LogP contribution >= 0.6 is 12.4 Å². The topological polar surface area (TPSA) is 50.8 Å². The fraction of sp³-hybridized carbons (Fsp3) is 0.500. The fourth-order valence-electron chi connectivity index (χ4n) is 3.25. The lowest BCUT2D eigenvalue weighted by Crippen LogP contribution is -2.43. The molecule has 0 aromatic heterocycles. The molecule has 6 heteroatoms. The largest absolute Gasteiger partial charge is 0.493 e. The summed E-state index contributed by atoms with van der Waals surface area (Å²) in [5.41, 5.74) is 1.62. The SMILES string of the molecule is CCCN(C(=O)C1=Cc2cccc(OC)c2OC1)C1CCNC1.Cl. The van der Waals surface area contributed by atoms with Crippen LogP contribution in [-0.2, 0) is 4.79 Å². The van der Waals surface area contributed by atoms with Crippen molar-refractivity contribution in [1.29, 1.82) is 0 Å². The van der Waals surface area contributed by atoms with E-state index in [1.54, 1.807) is 7.11 Å². The first-order chi connectivity index (χ1) is 11.2. The molecule has 0 aliphatic carbocycles. The average Bonchev–Trinajstić information content (AvgIpc) is 3.12. The summed E-state index contributed by atoms with van der Waals surface area (Å²) >= 11 is 0. The normalized spacial score (nSPS) is 18.8. The maximum Gasteiger partial charge on any atom is 0.253 e. The number of amides is 1. The maximum absolute atomic E-state index is 13.0. The third kappa shape index (κ3) is 3.68. The summed E-state index contributed by atoms with van der Waals surface area (Å²) in [5.74, 6) is 1.51. The molecule has 0 saturated carbocycles. The number of nitrogens with one attached hydrogen (secondary N) is 1. The van der Waals surface area contributed by atoms with Crippen molar-refractivity contribution in [2.75, 3.05) is 33.4 Å². The van der Waals surface area contributed by atoms with Gasteiger partial charge in [0, 0.05) is 24.7 Å². The highest BCUT2D eigenvalue weighted by atomic mass is 35.5. The fourth-order valence-corrected chi connectivity index (χ4v) is 3.25. The molecule has 0 radical (unpaired) electrons. The van der Waals surface area contributed by atoms with Gasteiger partial charge in [0.05, 0.1) is 12.7 Å². The number of para-hydroxylation sites is 1. The number of halogens is 1. The molecule has 0 spiro atoms. The van der Waals surface area contributed by atoms with Crippen LogP contribution in [0.1, 0.15) is 25.3 Å². The summed E-state index contributed by atoms with van der Waals surface area (Å²) in [6.45, 7) is 5.05. The Kier molecular flexibility index (Phi) is 6.52. The molecule has 1 saturated heterocycles. The monoisotopic (exact) mass is 352 g/mol. The molecule has 1 unspecified atom stereocenters. The lowest BCUT2D eigenvalue weighted by atomic mass is 10.0. The summed E-state index contributed by atoms with van der Waals surface area (Å²) in [6.07, 6.45) is 3.92. The molecule has 1 amide bonds. The predicted octanol–water partition coefficient (Wildman–Crippen LogP) is 2.49. The molecular weight excluding hydrogens is 328 g/mol. The van der Waals surface area contributed by atoms with Crippen LogP contribution in [0.15, 0.2) is 23.8 Å². The van der Waals surface area contributed by atoms with Gasteiger partial charge in [-0.2, -0.15) is 0 Å². The second kappa shape index (κ2) is 8.40. The van der Waals surface area contributed by atoms with Gasteiger partial charge in [-0.1, -0.05) is 19.1 Å². The van der Waals surface area contributed by atoms with E-state index in [-0.39, 0.29) is 24.4 Å². The van der Waals surface area contributed by atoms with Crippen LogP contribution in [0.25, 0.3) is 6.08 Å². The molecule has 5 nitrogen and oxygen atoms in total. The van der Waals surface area contributed by atoms with Gasteiger partial charge < -0.3 is 19.7 Å². The predicted molar refractivity (Wildman–Crippen MR) is 97.0 cm³/mol. The zero-order valence-electron chi connectivity index (χ0n) is 14.2. The van der Waals surface area contributed by atoms with Crippen molar-refractivity contribution in [1.82, 2.24) is 10.2 Å². The van der Waals surface area contributed by atoms with Crippen LogP contribution in [-0.4, -0.2) is 50.2 Å². The third-order valence-corrected chi connectivity index (χ3v) is 4.41. The van der Waals surface area contributed by atoms with Crippen LogP contribution < -0.4 is 14.8 Å². The molecule has 132 valence electrons. The number of methoxy groups -OCH3 is 1. The number of hydrogen-bond donors (Lipinski definition) is 1. The summed E-state index contributed by atoms with van der Waals surface area (Å²) in [7, 11) is 1.62. The van der Waals surface area contributed by atoms with Gasteiger partial charge >= 0.3 is 0 Å². The molecule has 1 aromatic carbocycles. The highest BCUT2D eigenvalue weighted by molar-refractivity contribution is 5.99. The minimum Gasteiger partial charge on any atom is -0.493 e. The van der Waals surface area contributed by atoms with E-state index < -0.39 is 0 Å². The van der Waals surface area contributed by atoms with Gasteiger partial charge in [0.15, 0.2) is 11.5 Å². The van der Waals surface area contributed by atoms with Crippen molar-refractivity contribution < 1.29 is 14.3 Å². The van der Waals surface area contributed by atoms with Crippen molar-refractivity contribution in [3.8, 4) is 11.5 Å². The zero-order chi connectivity index (χ0) is 16.2. The van der Waals surface area contributed by atoms with Crippen LogP contribution in [0.5, 0.6) is 11.5 Å². The molecule has 1 aromatic rings. The van der Waals surface area contributed by atoms with Crippen molar-refractivity contribution in [3.63, 3.8) is 0 Å². The molecule has 2 aliphatic heterocycles. The average molecular weight is 353 g/mol. The van der Waals surface area contributed by atoms with Crippen LogP contribution in [0.3, 0.4) is 0 Å². The lowest BCUT2D eigenvalue weighted by Gasteiger charge is -2.30. The molecular formula is C18H25ClN2O3. The van der Waals surface area contributed by atoms with Crippen LogP contribution in [0.4, 0.5) is 0 Å². The Balaban J connectivity index is 0.00000208. The van der Waals surface area contributed by atoms with E-state index in [1.165, 1.54) is 0 Å². The third-order valence-electron chi connectivity index (χ3n) is 4.41. The highest BCUT2D eigenvalue weighted by Crippen LogP contribution is 2.35. The quantitative estimate of drug-likeness (QED) is 0.884. The van der Waals surface area contributed by atoms with Gasteiger partial charge in [-0.05, 0) is 31.5 Å². The first kappa shape index (κ1) is 18.6. The molecule has 1 N–H and O–H groups in total. The van der Waals surface area contributed by atoms with Gasteiger partial charge in [-0.25, -0.2) is 0 Å². The zero-order valence-corrected chi connectivity index (χ0v) is 15.0. The number of rotatable bonds is 5. The minimum absolute atomic E-state index is 0. The van der Waals surface area contributed by atoms with Crippen molar-refractivity contribution in [3.05, 3.63) is 29.3 Å².